The maximum absolute atomic E-state index is 14.9. The van der Waals surface area contributed by atoms with E-state index >= 15 is 0 Å². The Labute approximate surface area is 378 Å². The lowest BCUT2D eigenvalue weighted by Gasteiger charge is -2.60. The summed E-state index contributed by atoms with van der Waals surface area (Å²) in [7, 11) is 0. The number of carbonyl (C=O) groups excluding carboxylic acids is 1. The zero-order chi connectivity index (χ0) is 44.7. The maximum atomic E-state index is 14.9. The van der Waals surface area contributed by atoms with Crippen molar-refractivity contribution in [3.63, 3.8) is 0 Å². The van der Waals surface area contributed by atoms with E-state index in [1.807, 2.05) is 23.1 Å². The number of benzene rings is 2. The first-order chi connectivity index (χ1) is 31.4. The van der Waals surface area contributed by atoms with Gasteiger partial charge in [-0.1, -0.05) is 74.0 Å². The Bertz CT molecular complexity index is 1860. The number of halogens is 1. The van der Waals surface area contributed by atoms with Gasteiger partial charge in [0.1, 0.15) is 30.0 Å². The number of amides is 1. The van der Waals surface area contributed by atoms with Gasteiger partial charge in [0.25, 0.3) is 0 Å². The monoisotopic (exact) mass is 891 g/mol. The Morgan fingerprint density at radius 3 is 2.50 bits per heavy atom. The van der Waals surface area contributed by atoms with Crippen LogP contribution in [0, 0.1) is 29.5 Å². The van der Waals surface area contributed by atoms with E-state index in [0.29, 0.717) is 61.0 Å². The van der Waals surface area contributed by atoms with Gasteiger partial charge in [0, 0.05) is 56.1 Å². The van der Waals surface area contributed by atoms with E-state index in [1.165, 1.54) is 18.9 Å². The molecule has 7 atom stereocenters. The van der Waals surface area contributed by atoms with Crippen LogP contribution in [0.25, 0.3) is 0 Å². The van der Waals surface area contributed by atoms with Crippen LogP contribution in [0.4, 0.5) is 4.39 Å². The van der Waals surface area contributed by atoms with Gasteiger partial charge >= 0.3 is 0 Å². The Morgan fingerprint density at radius 2 is 1.75 bits per heavy atom. The quantitative estimate of drug-likeness (QED) is 0.0505. The van der Waals surface area contributed by atoms with Crippen molar-refractivity contribution in [1.82, 2.24) is 4.90 Å². The minimum absolute atomic E-state index is 0.0191. The molecule has 3 N–H and O–H groups in total. The molecular weight excluding hydrogens is 820 g/mol. The van der Waals surface area contributed by atoms with Gasteiger partial charge in [-0.25, -0.2) is 4.39 Å². The molecule has 2 aromatic rings. The summed E-state index contributed by atoms with van der Waals surface area (Å²) < 4.78 is 47.6. The molecule has 3 aliphatic carbocycles. The topological polar surface area (TPSA) is 149 Å². The van der Waals surface area contributed by atoms with Gasteiger partial charge in [-0.05, 0) is 92.5 Å². The number of fused-ring (bicyclic) bond motifs is 2. The molecule has 5 aliphatic rings. The van der Waals surface area contributed by atoms with Crippen LogP contribution in [0.3, 0.4) is 0 Å². The normalized spacial score (nSPS) is 27.0. The summed E-state index contributed by atoms with van der Waals surface area (Å²) in [6, 6.07) is 11.7. The van der Waals surface area contributed by atoms with Gasteiger partial charge in [0.15, 0.2) is 0 Å². The third-order valence-corrected chi connectivity index (χ3v) is 14.1. The number of hydrogen-bond donors (Lipinski definition) is 3. The van der Waals surface area contributed by atoms with Gasteiger partial charge in [0.05, 0.1) is 44.7 Å². The fraction of sp³-hybridized carbons (Fsp3) is 0.647. The Morgan fingerprint density at radius 1 is 0.953 bits per heavy atom. The summed E-state index contributed by atoms with van der Waals surface area (Å²) in [5.41, 5.74) is 3.01. The number of ether oxygens (including phenoxy) is 5. The number of rotatable bonds is 25. The molecule has 0 radical (unpaired) electrons. The predicted molar refractivity (Wildman–Crippen MR) is 241 cm³/mol. The average Bonchev–Trinajstić information content (AvgIpc) is 3.85. The van der Waals surface area contributed by atoms with Crippen molar-refractivity contribution in [3.8, 4) is 11.5 Å². The summed E-state index contributed by atoms with van der Waals surface area (Å²) >= 11 is 0. The lowest BCUT2D eigenvalue weighted by molar-refractivity contribution is -0.258. The summed E-state index contributed by atoms with van der Waals surface area (Å²) in [6.45, 7) is 5.46. The predicted octanol–water partition coefficient (Wildman–Crippen LogP) is 8.37. The molecule has 2 aliphatic heterocycles. The van der Waals surface area contributed by atoms with Crippen LogP contribution >= 0.6 is 0 Å². The highest BCUT2D eigenvalue weighted by Gasteiger charge is 2.65. The van der Waals surface area contributed by atoms with Crippen LogP contribution in [0.15, 0.2) is 71.9 Å². The molecule has 1 saturated heterocycles. The van der Waals surface area contributed by atoms with Crippen molar-refractivity contribution < 1.29 is 53.0 Å². The number of oxime groups is 1. The smallest absolute Gasteiger partial charge is 0.239 e. The summed E-state index contributed by atoms with van der Waals surface area (Å²) in [4.78, 5) is 23.1. The van der Waals surface area contributed by atoms with Gasteiger partial charge in [0.2, 0.25) is 18.0 Å². The second kappa shape index (κ2) is 24.1. The van der Waals surface area contributed by atoms with Gasteiger partial charge < -0.3 is 48.7 Å². The van der Waals surface area contributed by atoms with Crippen LogP contribution in [0.1, 0.15) is 120 Å². The van der Waals surface area contributed by atoms with Crippen LogP contribution < -0.4 is 9.47 Å². The summed E-state index contributed by atoms with van der Waals surface area (Å²) in [5.74, 6) is -0.761. The Kier molecular flexibility index (Phi) is 18.1. The number of carbonyl (C=O) groups is 1. The van der Waals surface area contributed by atoms with E-state index in [4.69, 9.17) is 33.7 Å². The van der Waals surface area contributed by atoms with Crippen molar-refractivity contribution in [2.45, 2.75) is 133 Å². The van der Waals surface area contributed by atoms with Gasteiger partial charge in [-0.2, -0.15) is 0 Å². The number of allylic oxidation sites excluding steroid dienone is 1. The molecule has 2 saturated carbocycles. The molecule has 7 rings (SSSR count). The number of hydrogen-bond acceptors (Lipinski definition) is 11. The SMILES string of the molecule is C=CCOC12Oc3ccc(OCc4ccccc4F)cc3C3C(CCCCO)C(CCCCO)C=C(C(=NOC4CCCCO4)CC1N(CCOCCO)C(=O)CCC1CCCC1)C32. The highest BCUT2D eigenvalue weighted by atomic mass is 19.1. The molecule has 0 spiro atoms. The number of aliphatic hydroxyl groups is 3. The Hall–Kier alpha value is -3.85. The van der Waals surface area contributed by atoms with Crippen molar-refractivity contribution in [2.75, 3.05) is 52.8 Å². The molecule has 2 aromatic carbocycles. The fourth-order valence-corrected chi connectivity index (χ4v) is 11.0. The zero-order valence-electron chi connectivity index (χ0n) is 37.6. The first kappa shape index (κ1) is 48.1. The molecule has 2 heterocycles. The minimum atomic E-state index is -1.42. The fourth-order valence-electron chi connectivity index (χ4n) is 11.0. The number of aliphatic hydroxyl groups excluding tert-OH is 3. The minimum Gasteiger partial charge on any atom is -0.489 e. The number of nitrogens with zero attached hydrogens (tertiary/aromatic N) is 2. The average molecular weight is 891 g/mol. The van der Waals surface area contributed by atoms with Crippen LogP contribution in [0.2, 0.25) is 0 Å². The molecule has 1 amide bonds. The highest BCUT2D eigenvalue weighted by Crippen LogP contribution is 2.62. The van der Waals surface area contributed by atoms with E-state index in [9.17, 15) is 24.5 Å². The van der Waals surface area contributed by atoms with Crippen LogP contribution in [0.5, 0.6) is 11.5 Å². The molecule has 0 bridgehead atoms. The number of unbranched alkanes of at least 4 members (excludes halogenated alkanes) is 2. The third-order valence-electron chi connectivity index (χ3n) is 14.1. The van der Waals surface area contributed by atoms with Gasteiger partial charge in [-0.3, -0.25) is 4.79 Å². The molecule has 13 heteroatoms. The molecule has 7 unspecified atom stereocenters. The molecule has 64 heavy (non-hydrogen) atoms. The zero-order valence-corrected chi connectivity index (χ0v) is 37.6. The van der Waals surface area contributed by atoms with Crippen molar-refractivity contribution in [1.29, 1.82) is 0 Å². The Balaban J connectivity index is 1.39. The van der Waals surface area contributed by atoms with E-state index < -0.39 is 24.0 Å². The standard InChI is InChI=1S/C51H71FN2O10/c1-2-28-62-51-46(54(24-30-59-31-27-57)47(58)23-20-36-13-3-4-14-36)34-44(53-64-48-19-9-12-29-60-48)41-32-37(15-7-10-25-55)40(17-8-11-26-56)49(50(41)51)42-33-39(21-22-45(42)63-51)61-35-38-16-5-6-18-43(38)52/h2,5-6,16,18,21-22,32-33,36-37,40,46,48-50,55-57H,1,3-4,7-15,17,19-20,23-31,34-35H2. The molecule has 352 valence electrons. The molecular formula is C51H71FN2O10. The third kappa shape index (κ3) is 11.6. The van der Waals surface area contributed by atoms with E-state index in [1.54, 1.807) is 24.3 Å². The van der Waals surface area contributed by atoms with Crippen molar-refractivity contribution in [2.24, 2.45) is 28.8 Å². The van der Waals surface area contributed by atoms with E-state index in [2.05, 4.69) is 12.7 Å². The molecule has 3 fully saturated rings. The lowest BCUT2D eigenvalue weighted by Crippen LogP contribution is -2.70. The van der Waals surface area contributed by atoms with Crippen molar-refractivity contribution >= 4 is 11.6 Å². The second-order valence-electron chi connectivity index (χ2n) is 18.2. The summed E-state index contributed by atoms with van der Waals surface area (Å²) in [6.07, 6.45) is 16.7. The lowest BCUT2D eigenvalue weighted by atomic mass is 9.55. The molecule has 12 nitrogen and oxygen atoms in total. The summed E-state index contributed by atoms with van der Waals surface area (Å²) in [5, 5.41) is 34.6. The largest absolute Gasteiger partial charge is 0.489 e. The van der Waals surface area contributed by atoms with Gasteiger partial charge in [-0.15, -0.1) is 6.58 Å². The maximum Gasteiger partial charge on any atom is 0.239 e. The van der Waals surface area contributed by atoms with Crippen LogP contribution in [-0.4, -0.2) is 103 Å². The van der Waals surface area contributed by atoms with Crippen LogP contribution in [-0.2, 0) is 30.4 Å². The van der Waals surface area contributed by atoms with E-state index in [-0.39, 0.29) is 88.7 Å². The molecule has 0 aromatic heterocycles. The first-order valence-corrected chi connectivity index (χ1v) is 24.1. The van der Waals surface area contributed by atoms with Crippen molar-refractivity contribution in [3.05, 3.63) is 83.7 Å². The second-order valence-corrected chi connectivity index (χ2v) is 18.2. The first-order valence-electron chi connectivity index (χ1n) is 24.1. The highest BCUT2D eigenvalue weighted by molar-refractivity contribution is 6.03. The van der Waals surface area contributed by atoms with E-state index in [0.717, 1.165) is 68.9 Å².